The van der Waals surface area contributed by atoms with Crippen molar-refractivity contribution >= 4 is 0 Å². The maximum Gasteiger partial charge on any atom is 0.122 e. The molecule has 35 heavy (non-hydrogen) atoms. The highest BCUT2D eigenvalue weighted by Crippen LogP contribution is 2.48. The van der Waals surface area contributed by atoms with Crippen LogP contribution >= 0.6 is 0 Å². The van der Waals surface area contributed by atoms with Gasteiger partial charge >= 0.3 is 0 Å². The van der Waals surface area contributed by atoms with Crippen molar-refractivity contribution in [2.24, 2.45) is 0 Å². The van der Waals surface area contributed by atoms with E-state index in [9.17, 15) is 10.2 Å². The van der Waals surface area contributed by atoms with Crippen LogP contribution in [0.2, 0.25) is 0 Å². The highest BCUT2D eigenvalue weighted by atomic mass is 16.3. The van der Waals surface area contributed by atoms with Gasteiger partial charge in [-0.1, -0.05) is 97.1 Å². The first kappa shape index (κ1) is 24.1. The van der Waals surface area contributed by atoms with Crippen LogP contribution in [-0.2, 0) is 18.3 Å². The number of rotatable bonds is 8. The van der Waals surface area contributed by atoms with Gasteiger partial charge in [0.05, 0.1) is 5.41 Å². The van der Waals surface area contributed by atoms with Crippen molar-refractivity contribution in [1.29, 1.82) is 0 Å². The molecule has 2 heteroatoms. The summed E-state index contributed by atoms with van der Waals surface area (Å²) in [6.07, 6.45) is 4.77. The van der Waals surface area contributed by atoms with Gasteiger partial charge in [0.25, 0.3) is 0 Å². The van der Waals surface area contributed by atoms with Crippen molar-refractivity contribution < 1.29 is 10.2 Å². The number of hydrogen-bond acceptors (Lipinski definition) is 2. The van der Waals surface area contributed by atoms with E-state index in [1.54, 1.807) is 0 Å². The summed E-state index contributed by atoms with van der Waals surface area (Å²) in [6, 6.07) is 29.2. The fraction of sp³-hybridized carbons (Fsp3) is 0.152. The third kappa shape index (κ3) is 4.28. The fourth-order valence-corrected chi connectivity index (χ4v) is 5.14. The smallest absolute Gasteiger partial charge is 0.122 e. The topological polar surface area (TPSA) is 40.5 Å². The van der Waals surface area contributed by atoms with Crippen LogP contribution in [0.3, 0.4) is 0 Å². The van der Waals surface area contributed by atoms with Crippen molar-refractivity contribution in [1.82, 2.24) is 0 Å². The third-order valence-electron chi connectivity index (χ3n) is 6.77. The second kappa shape index (κ2) is 10.1. The molecule has 4 rings (SSSR count). The maximum atomic E-state index is 10.8. The van der Waals surface area contributed by atoms with E-state index in [0.29, 0.717) is 24.3 Å². The molecule has 2 nitrogen and oxygen atoms in total. The van der Waals surface area contributed by atoms with Gasteiger partial charge in [-0.05, 0) is 71.2 Å². The van der Waals surface area contributed by atoms with Crippen molar-refractivity contribution in [3.63, 3.8) is 0 Å². The number of phenols is 2. The lowest BCUT2D eigenvalue weighted by Gasteiger charge is -2.38. The van der Waals surface area contributed by atoms with Crippen LogP contribution in [0.5, 0.6) is 11.5 Å². The molecule has 2 N–H and O–H groups in total. The zero-order valence-electron chi connectivity index (χ0n) is 20.5. The number of allylic oxidation sites excluding steroid dienone is 2. The zero-order chi connectivity index (χ0) is 25.0. The Balaban J connectivity index is 2.21. The van der Waals surface area contributed by atoms with Crippen LogP contribution in [0.25, 0.3) is 0 Å². The average molecular weight is 461 g/mol. The van der Waals surface area contributed by atoms with Gasteiger partial charge in [0.15, 0.2) is 0 Å². The van der Waals surface area contributed by atoms with E-state index in [2.05, 4.69) is 86.0 Å². The maximum absolute atomic E-state index is 10.8. The zero-order valence-corrected chi connectivity index (χ0v) is 20.5. The molecular formula is C33H32O2. The molecule has 176 valence electrons. The molecule has 0 aromatic heterocycles. The predicted octanol–water partition coefficient (Wildman–Crippen LogP) is 7.55. The molecule has 0 fully saturated rings. The Hall–Kier alpha value is -4.04. The summed E-state index contributed by atoms with van der Waals surface area (Å²) in [4.78, 5) is 0. The molecule has 0 unspecified atom stereocenters. The van der Waals surface area contributed by atoms with Gasteiger partial charge in [-0.15, -0.1) is 13.2 Å². The standard InChI is InChI=1S/C33H32O2/c1-5-13-25-21-29(19-23(3)31(25)34)33(27-15-9-7-10-16-27,28-17-11-8-12-18-28)30-20-24(4)32(35)26(22-30)14-6-2/h5-12,15-22,34-35H,1-2,13-14H2,3-4H3. The molecule has 4 aromatic carbocycles. The first-order valence-corrected chi connectivity index (χ1v) is 11.9. The van der Waals surface area contributed by atoms with Gasteiger partial charge in [-0.3, -0.25) is 0 Å². The van der Waals surface area contributed by atoms with Crippen LogP contribution < -0.4 is 0 Å². The molecule has 0 radical (unpaired) electrons. The van der Waals surface area contributed by atoms with Crippen LogP contribution in [0.4, 0.5) is 0 Å². The van der Waals surface area contributed by atoms with E-state index in [4.69, 9.17) is 0 Å². The van der Waals surface area contributed by atoms with Crippen LogP contribution in [0.15, 0.2) is 110 Å². The van der Waals surface area contributed by atoms with E-state index in [-0.39, 0.29) is 0 Å². The first-order valence-electron chi connectivity index (χ1n) is 11.9. The second-order valence-electron chi connectivity index (χ2n) is 9.07. The highest BCUT2D eigenvalue weighted by Gasteiger charge is 2.39. The van der Waals surface area contributed by atoms with E-state index in [1.165, 1.54) is 0 Å². The SMILES string of the molecule is C=CCc1cc(C(c2ccccc2)(c2ccccc2)c2cc(C)c(O)c(CC=C)c2)cc(C)c1O. The summed E-state index contributed by atoms with van der Waals surface area (Å²) in [6.45, 7) is 11.7. The summed E-state index contributed by atoms with van der Waals surface area (Å²) in [7, 11) is 0. The number of hydrogen-bond donors (Lipinski definition) is 2. The van der Waals surface area contributed by atoms with E-state index in [1.807, 2.05) is 38.1 Å². The van der Waals surface area contributed by atoms with E-state index >= 15 is 0 Å². The van der Waals surface area contributed by atoms with Crippen LogP contribution in [0, 0.1) is 13.8 Å². The Labute approximate surface area is 208 Å². The number of benzene rings is 4. The minimum Gasteiger partial charge on any atom is -0.507 e. The van der Waals surface area contributed by atoms with Gasteiger partial charge in [0.1, 0.15) is 11.5 Å². The van der Waals surface area contributed by atoms with Gasteiger partial charge in [-0.25, -0.2) is 0 Å². The van der Waals surface area contributed by atoms with Crippen molar-refractivity contribution in [2.75, 3.05) is 0 Å². The Bertz CT molecular complexity index is 1240. The minimum absolute atomic E-state index is 0.304. The minimum atomic E-state index is -0.675. The lowest BCUT2D eigenvalue weighted by Crippen LogP contribution is -2.31. The second-order valence-corrected chi connectivity index (χ2v) is 9.07. The first-order chi connectivity index (χ1) is 16.9. The van der Waals surface area contributed by atoms with Gasteiger partial charge in [0, 0.05) is 0 Å². The molecule has 0 aliphatic carbocycles. The van der Waals surface area contributed by atoms with Gasteiger partial charge < -0.3 is 10.2 Å². The summed E-state index contributed by atoms with van der Waals surface area (Å²) in [5, 5.41) is 21.7. The van der Waals surface area contributed by atoms with E-state index in [0.717, 1.165) is 44.5 Å². The lowest BCUT2D eigenvalue weighted by atomic mass is 9.64. The van der Waals surface area contributed by atoms with Crippen LogP contribution in [-0.4, -0.2) is 10.2 Å². The van der Waals surface area contributed by atoms with Gasteiger partial charge in [0.2, 0.25) is 0 Å². The molecule has 0 amide bonds. The highest BCUT2D eigenvalue weighted by molar-refractivity contribution is 5.64. The average Bonchev–Trinajstić information content (AvgIpc) is 2.87. The van der Waals surface area contributed by atoms with Crippen LogP contribution in [0.1, 0.15) is 44.5 Å². The number of aryl methyl sites for hydroxylation is 2. The summed E-state index contributed by atoms with van der Waals surface area (Å²) < 4.78 is 0. The summed E-state index contributed by atoms with van der Waals surface area (Å²) in [5.41, 5.74) is 6.96. The molecule has 0 saturated heterocycles. The number of aromatic hydroxyl groups is 2. The lowest BCUT2D eigenvalue weighted by molar-refractivity contribution is 0.464. The Kier molecular flexibility index (Phi) is 6.93. The van der Waals surface area contributed by atoms with E-state index < -0.39 is 5.41 Å². The quantitative estimate of drug-likeness (QED) is 0.210. The van der Waals surface area contributed by atoms with Crippen molar-refractivity contribution in [3.05, 3.63) is 155 Å². The Morgan fingerprint density at radius 1 is 0.600 bits per heavy atom. The summed E-state index contributed by atoms with van der Waals surface area (Å²) >= 11 is 0. The molecule has 0 heterocycles. The molecule has 0 spiro atoms. The van der Waals surface area contributed by atoms with Crippen molar-refractivity contribution in [3.8, 4) is 11.5 Å². The predicted molar refractivity (Wildman–Crippen MR) is 145 cm³/mol. The van der Waals surface area contributed by atoms with Gasteiger partial charge in [-0.2, -0.15) is 0 Å². The number of phenolic OH excluding ortho intramolecular Hbond substituents is 2. The van der Waals surface area contributed by atoms with Crippen molar-refractivity contribution in [2.45, 2.75) is 32.1 Å². The monoisotopic (exact) mass is 460 g/mol. The summed E-state index contributed by atoms with van der Waals surface area (Å²) in [5.74, 6) is 0.607. The molecule has 0 atom stereocenters. The fourth-order valence-electron chi connectivity index (χ4n) is 5.14. The normalized spacial score (nSPS) is 11.3. The molecule has 0 aliphatic rings. The Morgan fingerprint density at radius 3 is 1.31 bits per heavy atom. The largest absolute Gasteiger partial charge is 0.507 e. The molecule has 4 aromatic rings. The Morgan fingerprint density at radius 2 is 0.971 bits per heavy atom. The molecular weight excluding hydrogens is 428 g/mol. The molecule has 0 aliphatic heterocycles. The third-order valence-corrected chi connectivity index (χ3v) is 6.77. The molecule has 0 saturated carbocycles. The molecule has 0 bridgehead atoms.